The quantitative estimate of drug-likeness (QED) is 0.792. The van der Waals surface area contributed by atoms with Crippen molar-refractivity contribution in [3.05, 3.63) is 0 Å². The van der Waals surface area contributed by atoms with Gasteiger partial charge in [-0.15, -0.1) is 0 Å². The van der Waals surface area contributed by atoms with Crippen molar-refractivity contribution < 1.29 is 0 Å². The molecule has 17 heavy (non-hydrogen) atoms. The average molecular weight is 238 g/mol. The van der Waals surface area contributed by atoms with Crippen LogP contribution in [0, 0.1) is 5.92 Å². The maximum atomic E-state index is 3.42. The third-order valence-corrected chi connectivity index (χ3v) is 5.28. The van der Waals surface area contributed by atoms with Crippen molar-refractivity contribution in [2.75, 3.05) is 14.1 Å². The zero-order valence-electron chi connectivity index (χ0n) is 11.9. The molecule has 2 fully saturated rings. The third kappa shape index (κ3) is 3.45. The highest BCUT2D eigenvalue weighted by Gasteiger charge is 2.28. The van der Waals surface area contributed by atoms with Gasteiger partial charge >= 0.3 is 0 Å². The molecule has 2 aliphatic rings. The Labute approximate surface area is 107 Å². The summed E-state index contributed by atoms with van der Waals surface area (Å²) in [6, 6.07) is 2.41. The van der Waals surface area contributed by atoms with Gasteiger partial charge in [0.15, 0.2) is 0 Å². The molecule has 2 nitrogen and oxygen atoms in total. The van der Waals surface area contributed by atoms with Gasteiger partial charge in [0.05, 0.1) is 0 Å². The van der Waals surface area contributed by atoms with Gasteiger partial charge in [-0.05, 0) is 59.0 Å². The van der Waals surface area contributed by atoms with Crippen LogP contribution in [0.15, 0.2) is 0 Å². The fraction of sp³-hybridized carbons (Fsp3) is 1.00. The molecule has 0 aromatic heterocycles. The standard InChI is InChI=1S/C15H30N2/c1-12(11-13-5-4-6-13)17(3)15-9-7-14(16-2)8-10-15/h12-16H,4-11H2,1-3H3. The predicted octanol–water partition coefficient (Wildman–Crippen LogP) is 3.03. The van der Waals surface area contributed by atoms with Crippen LogP contribution in [0.3, 0.4) is 0 Å². The lowest BCUT2D eigenvalue weighted by molar-refractivity contribution is 0.108. The summed E-state index contributed by atoms with van der Waals surface area (Å²) in [5.74, 6) is 1.04. The van der Waals surface area contributed by atoms with Crippen LogP contribution in [0.4, 0.5) is 0 Å². The minimum Gasteiger partial charge on any atom is -0.317 e. The van der Waals surface area contributed by atoms with E-state index in [1.54, 1.807) is 0 Å². The smallest absolute Gasteiger partial charge is 0.00961 e. The van der Waals surface area contributed by atoms with Gasteiger partial charge in [0.25, 0.3) is 0 Å². The molecule has 1 unspecified atom stereocenters. The molecule has 100 valence electrons. The van der Waals surface area contributed by atoms with Gasteiger partial charge in [-0.2, -0.15) is 0 Å². The number of rotatable bonds is 5. The van der Waals surface area contributed by atoms with Gasteiger partial charge in [0.2, 0.25) is 0 Å². The van der Waals surface area contributed by atoms with E-state index in [2.05, 4.69) is 31.2 Å². The Hall–Kier alpha value is -0.0800. The molecule has 0 radical (unpaired) electrons. The Balaban J connectivity index is 1.72. The van der Waals surface area contributed by atoms with E-state index in [9.17, 15) is 0 Å². The normalized spacial score (nSPS) is 32.5. The highest BCUT2D eigenvalue weighted by atomic mass is 15.2. The van der Waals surface area contributed by atoms with E-state index in [1.165, 1.54) is 51.4 Å². The Morgan fingerprint density at radius 2 is 1.76 bits per heavy atom. The van der Waals surface area contributed by atoms with Gasteiger partial charge in [-0.25, -0.2) is 0 Å². The molecule has 0 aromatic carbocycles. The molecule has 0 saturated heterocycles. The van der Waals surface area contributed by atoms with Crippen molar-refractivity contribution >= 4 is 0 Å². The second-order valence-electron chi connectivity index (χ2n) is 6.34. The van der Waals surface area contributed by atoms with E-state index < -0.39 is 0 Å². The first kappa shape index (κ1) is 13.4. The molecule has 0 aromatic rings. The molecule has 0 bridgehead atoms. The number of nitrogens with zero attached hydrogens (tertiary/aromatic N) is 1. The fourth-order valence-electron chi connectivity index (χ4n) is 3.51. The van der Waals surface area contributed by atoms with Crippen LogP contribution in [0.2, 0.25) is 0 Å². The number of hydrogen-bond acceptors (Lipinski definition) is 2. The molecule has 0 amide bonds. The van der Waals surface area contributed by atoms with E-state index in [-0.39, 0.29) is 0 Å². The van der Waals surface area contributed by atoms with E-state index in [0.29, 0.717) is 0 Å². The van der Waals surface area contributed by atoms with Gasteiger partial charge in [-0.1, -0.05) is 19.3 Å². The van der Waals surface area contributed by atoms with Crippen molar-refractivity contribution in [1.29, 1.82) is 0 Å². The van der Waals surface area contributed by atoms with Crippen molar-refractivity contribution in [2.45, 2.75) is 76.4 Å². The number of hydrogen-bond donors (Lipinski definition) is 1. The van der Waals surface area contributed by atoms with Crippen LogP contribution in [0.1, 0.15) is 58.3 Å². The first-order chi connectivity index (χ1) is 8.20. The lowest BCUT2D eigenvalue weighted by Crippen LogP contribution is -2.44. The molecular formula is C15H30N2. The largest absolute Gasteiger partial charge is 0.317 e. The van der Waals surface area contributed by atoms with Crippen LogP contribution < -0.4 is 5.32 Å². The molecule has 0 aliphatic heterocycles. The molecule has 0 spiro atoms. The Morgan fingerprint density at radius 1 is 1.12 bits per heavy atom. The average Bonchev–Trinajstić information content (AvgIpc) is 2.32. The molecular weight excluding hydrogens is 208 g/mol. The van der Waals surface area contributed by atoms with Crippen molar-refractivity contribution in [1.82, 2.24) is 10.2 Å². The summed E-state index contributed by atoms with van der Waals surface area (Å²) in [7, 11) is 4.46. The minimum atomic E-state index is 0.779. The van der Waals surface area contributed by atoms with Gasteiger partial charge in [0, 0.05) is 18.1 Å². The van der Waals surface area contributed by atoms with Crippen molar-refractivity contribution in [2.24, 2.45) is 5.92 Å². The highest BCUT2D eigenvalue weighted by molar-refractivity contribution is 4.84. The third-order valence-electron chi connectivity index (χ3n) is 5.28. The summed E-state index contributed by atoms with van der Waals surface area (Å²) >= 11 is 0. The second kappa shape index (κ2) is 6.19. The SMILES string of the molecule is CNC1CCC(N(C)C(C)CC2CCC2)CC1. The van der Waals surface area contributed by atoms with E-state index >= 15 is 0 Å². The second-order valence-corrected chi connectivity index (χ2v) is 6.34. The molecule has 2 saturated carbocycles. The first-order valence-corrected chi connectivity index (χ1v) is 7.60. The molecule has 2 rings (SSSR count). The van der Waals surface area contributed by atoms with E-state index in [0.717, 1.165) is 24.0 Å². The maximum Gasteiger partial charge on any atom is 0.00961 e. The van der Waals surface area contributed by atoms with Crippen LogP contribution in [0.5, 0.6) is 0 Å². The van der Waals surface area contributed by atoms with Gasteiger partial charge < -0.3 is 10.2 Å². The first-order valence-electron chi connectivity index (χ1n) is 7.60. The van der Waals surface area contributed by atoms with Crippen LogP contribution in [-0.4, -0.2) is 37.1 Å². The van der Waals surface area contributed by atoms with Gasteiger partial charge in [-0.3, -0.25) is 0 Å². The molecule has 1 atom stereocenters. The summed E-state index contributed by atoms with van der Waals surface area (Å²) in [6.45, 7) is 2.43. The molecule has 2 aliphatic carbocycles. The topological polar surface area (TPSA) is 15.3 Å². The van der Waals surface area contributed by atoms with Crippen molar-refractivity contribution in [3.8, 4) is 0 Å². The predicted molar refractivity (Wildman–Crippen MR) is 74.3 cm³/mol. The number of nitrogens with one attached hydrogen (secondary N) is 1. The van der Waals surface area contributed by atoms with Crippen LogP contribution in [-0.2, 0) is 0 Å². The summed E-state index contributed by atoms with van der Waals surface area (Å²) in [5, 5.41) is 3.42. The zero-order chi connectivity index (χ0) is 12.3. The van der Waals surface area contributed by atoms with Crippen molar-refractivity contribution in [3.63, 3.8) is 0 Å². The van der Waals surface area contributed by atoms with E-state index in [4.69, 9.17) is 0 Å². The Kier molecular flexibility index (Phi) is 4.87. The summed E-state index contributed by atoms with van der Waals surface area (Å²) in [4.78, 5) is 2.67. The van der Waals surface area contributed by atoms with Gasteiger partial charge in [0.1, 0.15) is 0 Å². The van der Waals surface area contributed by atoms with Crippen LogP contribution >= 0.6 is 0 Å². The summed E-state index contributed by atoms with van der Waals surface area (Å²) in [6.07, 6.45) is 11.4. The summed E-state index contributed by atoms with van der Waals surface area (Å²) < 4.78 is 0. The lowest BCUT2D eigenvalue weighted by Gasteiger charge is -2.40. The fourth-order valence-corrected chi connectivity index (χ4v) is 3.51. The molecule has 1 N–H and O–H groups in total. The Morgan fingerprint density at radius 3 is 2.24 bits per heavy atom. The Bertz CT molecular complexity index is 217. The molecule has 0 heterocycles. The monoisotopic (exact) mass is 238 g/mol. The zero-order valence-corrected chi connectivity index (χ0v) is 11.9. The minimum absolute atomic E-state index is 0.779. The van der Waals surface area contributed by atoms with Crippen LogP contribution in [0.25, 0.3) is 0 Å². The molecule has 2 heteroatoms. The highest BCUT2D eigenvalue weighted by Crippen LogP contribution is 2.33. The van der Waals surface area contributed by atoms with E-state index in [1.807, 2.05) is 0 Å². The lowest BCUT2D eigenvalue weighted by atomic mass is 9.80. The maximum absolute atomic E-state index is 3.42. The summed E-state index contributed by atoms with van der Waals surface area (Å²) in [5.41, 5.74) is 0.